The fourth-order valence-corrected chi connectivity index (χ4v) is 15.6. The summed E-state index contributed by atoms with van der Waals surface area (Å²) in [4.78, 5) is 87.7. The molecule has 1 aliphatic carbocycles. The number of piperidine rings is 6. The topological polar surface area (TPSA) is 302 Å². The number of nitrogens with zero attached hydrogens (tertiary/aromatic N) is 7. The smallest absolute Gasteiger partial charge is 0.389 e. The van der Waals surface area contributed by atoms with Gasteiger partial charge in [0.05, 0.1) is 74.8 Å². The van der Waals surface area contributed by atoms with Gasteiger partial charge in [-0.05, 0) is 178 Å². The molecule has 28 heteroatoms. The van der Waals surface area contributed by atoms with E-state index < -0.39 is 48.7 Å². The minimum Gasteiger partial charge on any atom is -0.394 e. The van der Waals surface area contributed by atoms with Crippen LogP contribution in [0.1, 0.15) is 261 Å². The van der Waals surface area contributed by atoms with Crippen LogP contribution in [0.3, 0.4) is 0 Å². The molecule has 0 aromatic rings. The summed E-state index contributed by atoms with van der Waals surface area (Å²) in [6.45, 7) is 63.1. The number of halogens is 3. The average molecular weight is 1630 g/mol. The molecule has 114 heavy (non-hydrogen) atoms. The average Bonchev–Trinajstić information content (AvgIpc) is 0.792. The second-order valence-electron chi connectivity index (χ2n) is 38.1. The SMILES string of the molecule is CC(C)C(=O)NC1(COCCN2CCOCC2)CCN(C(C)C)CC1.CC(C)CC(=O)NC1(CO)CCN(C(C)C)CC1.CC(C)CC(=O)NC1CCN(C(C)C)CC1N.CC(C)CC(=O)NC1CCN(C(C)C)CC1O.CC(C)N1CCC(C)(NC(=O)C2(C)CCC2)CC1.CC(C)N1CCC(NC(=O)CCC(F)(F)F)C(O)C1. The van der Waals surface area contributed by atoms with Gasteiger partial charge in [-0.3, -0.25) is 48.4 Å². The standard InChI is InChI=1S/C19H37N3O3.C15H28N2O.C14H28N2O2.C13H27N3O.C13H26N2O2.C12H21F3N2O2/c1-16(2)18(23)20-19(5-7-22(8-6-19)17(3)4)15-25-14-11-21-9-12-24-13-10-21;1-12(2)17-10-8-15(4,9-11-17)16-13(18)14(3)6-5-7-14;1-11(2)9-13(18)15-14(10-17)5-7-16(8-6-14)12(3)4;1-9(2)7-13(17)15-12-5-6-16(10(3)4)8-11(12)14;1-9(2)7-13(17)14-11-5-6-15(10(3)4)8-12(11)16;1-8(2)17-6-4-9(10(18)7-17)16-11(19)3-5-12(13,14)15/h16-17H,5-15H2,1-4H3,(H,20,23);12H,5-11H2,1-4H3,(H,16,18);11-12,17H,5-10H2,1-4H3,(H,15,18);9-12H,5-8,14H2,1-4H3,(H,15,17);9-12,16H,5-8H2,1-4H3,(H,14,17);8-10,18H,3-7H2,1-2H3,(H,16,19). The van der Waals surface area contributed by atoms with Gasteiger partial charge in [0.15, 0.2) is 0 Å². The lowest BCUT2D eigenvalue weighted by Gasteiger charge is -2.45. The molecule has 0 aromatic heterocycles. The van der Waals surface area contributed by atoms with Crippen LogP contribution in [0.5, 0.6) is 0 Å². The molecule has 8 aliphatic rings. The molecule has 6 atom stereocenters. The molecule has 0 radical (unpaired) electrons. The van der Waals surface area contributed by atoms with E-state index in [4.69, 9.17) is 15.2 Å². The molecule has 8 fully saturated rings. The third-order valence-electron chi connectivity index (χ3n) is 24.2. The van der Waals surface area contributed by atoms with Crippen molar-refractivity contribution in [1.29, 1.82) is 0 Å². The van der Waals surface area contributed by atoms with Crippen molar-refractivity contribution in [1.82, 2.24) is 66.2 Å². The zero-order chi connectivity index (χ0) is 86.1. The van der Waals surface area contributed by atoms with Gasteiger partial charge in [0.25, 0.3) is 0 Å². The van der Waals surface area contributed by atoms with Crippen molar-refractivity contribution in [3.8, 4) is 0 Å². The zero-order valence-electron chi connectivity index (χ0n) is 75.3. The van der Waals surface area contributed by atoms with Gasteiger partial charge in [-0.2, -0.15) is 13.2 Å². The number of carbonyl (C=O) groups excluding carboxylic acids is 6. The minimum atomic E-state index is -4.32. The van der Waals surface area contributed by atoms with Crippen molar-refractivity contribution >= 4 is 35.4 Å². The van der Waals surface area contributed by atoms with Gasteiger partial charge in [-0.25, -0.2) is 0 Å². The van der Waals surface area contributed by atoms with Crippen molar-refractivity contribution in [2.75, 3.05) is 131 Å². The Bertz CT molecular complexity index is 2680. The van der Waals surface area contributed by atoms with Crippen molar-refractivity contribution in [3.63, 3.8) is 0 Å². The molecule has 11 N–H and O–H groups in total. The summed E-state index contributed by atoms with van der Waals surface area (Å²) < 4.78 is 47.3. The van der Waals surface area contributed by atoms with Gasteiger partial charge in [0.1, 0.15) is 0 Å². The number of morpholine rings is 1. The first-order valence-corrected chi connectivity index (χ1v) is 44.1. The summed E-state index contributed by atoms with van der Waals surface area (Å²) in [6.07, 6.45) is 5.90. The molecule has 8 rings (SSSR count). The Labute approximate surface area is 688 Å². The fourth-order valence-electron chi connectivity index (χ4n) is 15.6. The van der Waals surface area contributed by atoms with Crippen LogP contribution in [0.4, 0.5) is 13.2 Å². The van der Waals surface area contributed by atoms with Crippen molar-refractivity contribution in [2.24, 2.45) is 34.8 Å². The molecule has 6 amide bonds. The minimum absolute atomic E-state index is 0.00773. The number of ether oxygens (including phenoxy) is 2. The summed E-state index contributed by atoms with van der Waals surface area (Å²) in [6, 6.07) is 2.69. The molecule has 0 spiro atoms. The first-order chi connectivity index (χ1) is 53.1. The van der Waals surface area contributed by atoms with Crippen molar-refractivity contribution in [3.05, 3.63) is 0 Å². The highest BCUT2D eigenvalue weighted by Crippen LogP contribution is 2.41. The Balaban J connectivity index is 0.000000356. The quantitative estimate of drug-likeness (QED) is 0.0328. The molecule has 0 aromatic carbocycles. The highest BCUT2D eigenvalue weighted by molar-refractivity contribution is 5.84. The van der Waals surface area contributed by atoms with Crippen LogP contribution in [0.2, 0.25) is 0 Å². The molecular weight excluding hydrogens is 1460 g/mol. The number of hydrogen-bond donors (Lipinski definition) is 10. The predicted octanol–water partition coefficient (Wildman–Crippen LogP) is 8.53. The number of aliphatic hydroxyl groups excluding tert-OH is 3. The molecule has 0 bridgehead atoms. The zero-order valence-corrected chi connectivity index (χ0v) is 75.3. The Kier molecular flexibility index (Phi) is 46.6. The van der Waals surface area contributed by atoms with Crippen LogP contribution in [0, 0.1) is 29.1 Å². The molecule has 25 nitrogen and oxygen atoms in total. The molecule has 7 heterocycles. The van der Waals surface area contributed by atoms with Crippen LogP contribution in [-0.4, -0.2) is 312 Å². The number of alkyl halides is 3. The van der Waals surface area contributed by atoms with Crippen LogP contribution in [-0.2, 0) is 38.2 Å². The predicted molar refractivity (Wildman–Crippen MR) is 451 cm³/mol. The monoisotopic (exact) mass is 1630 g/mol. The van der Waals surface area contributed by atoms with Crippen molar-refractivity contribution in [2.45, 2.75) is 357 Å². The van der Waals surface area contributed by atoms with Crippen LogP contribution >= 0.6 is 0 Å². The first kappa shape index (κ1) is 104. The lowest BCUT2D eigenvalue weighted by molar-refractivity contribution is -0.145. The maximum absolute atomic E-state index is 12.3. The Morgan fingerprint density at radius 2 is 0.868 bits per heavy atom. The number of hydrogen-bond acceptors (Lipinski definition) is 19. The van der Waals surface area contributed by atoms with Gasteiger partial charge < -0.3 is 77.1 Å². The number of rotatable bonds is 28. The molecular formula is C86H167F3N14O11. The highest BCUT2D eigenvalue weighted by Gasteiger charge is 2.44. The Morgan fingerprint density at radius 1 is 0.482 bits per heavy atom. The lowest BCUT2D eigenvalue weighted by Crippen LogP contribution is -2.59. The van der Waals surface area contributed by atoms with E-state index in [0.717, 1.165) is 163 Å². The molecule has 7 saturated heterocycles. The second-order valence-corrected chi connectivity index (χ2v) is 38.1. The van der Waals surface area contributed by atoms with Crippen LogP contribution in [0.25, 0.3) is 0 Å². The van der Waals surface area contributed by atoms with Crippen molar-refractivity contribution < 1.29 is 66.7 Å². The highest BCUT2D eigenvalue weighted by atomic mass is 19.4. The van der Waals surface area contributed by atoms with Crippen LogP contribution in [0.15, 0.2) is 0 Å². The maximum Gasteiger partial charge on any atom is 0.389 e. The number of nitrogens with one attached hydrogen (secondary N) is 6. The fraction of sp³-hybridized carbons (Fsp3) is 0.930. The third kappa shape index (κ3) is 39.5. The van der Waals surface area contributed by atoms with E-state index >= 15 is 0 Å². The summed E-state index contributed by atoms with van der Waals surface area (Å²) in [5, 5.41) is 47.7. The number of likely N-dealkylation sites (tertiary alicyclic amines) is 6. The van der Waals surface area contributed by atoms with Crippen LogP contribution < -0.4 is 37.6 Å². The number of nitrogens with two attached hydrogens (primary N) is 1. The first-order valence-electron chi connectivity index (χ1n) is 44.1. The van der Waals surface area contributed by atoms with Gasteiger partial charge >= 0.3 is 6.18 Å². The Morgan fingerprint density at radius 3 is 1.24 bits per heavy atom. The van der Waals surface area contributed by atoms with E-state index in [2.05, 4.69) is 163 Å². The van der Waals surface area contributed by atoms with E-state index in [9.17, 15) is 57.3 Å². The van der Waals surface area contributed by atoms with Gasteiger partial charge in [0.2, 0.25) is 35.4 Å². The number of carbonyl (C=O) groups is 6. The van der Waals surface area contributed by atoms with E-state index in [1.807, 2.05) is 55.4 Å². The second kappa shape index (κ2) is 51.0. The van der Waals surface area contributed by atoms with E-state index in [0.29, 0.717) is 106 Å². The van der Waals surface area contributed by atoms with E-state index in [1.54, 1.807) is 0 Å². The third-order valence-corrected chi connectivity index (χ3v) is 24.2. The summed E-state index contributed by atoms with van der Waals surface area (Å²) in [5.74, 6) is 1.16. The summed E-state index contributed by atoms with van der Waals surface area (Å²) in [7, 11) is 0. The summed E-state index contributed by atoms with van der Waals surface area (Å²) >= 11 is 0. The number of aliphatic hydroxyl groups is 3. The molecule has 6 unspecified atom stereocenters. The number of β-amino-alcohol motifs (C(OH)–C–C–N with tert-alkyl or cyclic N) is 2. The van der Waals surface area contributed by atoms with Gasteiger partial charge in [-0.15, -0.1) is 0 Å². The lowest BCUT2D eigenvalue weighted by atomic mass is 9.69. The number of amides is 6. The Hall–Kier alpha value is -3.91. The largest absolute Gasteiger partial charge is 0.394 e. The maximum atomic E-state index is 12.3. The molecule has 1 saturated carbocycles. The molecule has 7 aliphatic heterocycles. The molecule has 668 valence electrons. The van der Waals surface area contributed by atoms with Gasteiger partial charge in [-0.1, -0.05) is 68.7 Å². The van der Waals surface area contributed by atoms with E-state index in [-0.39, 0.29) is 76.7 Å². The summed E-state index contributed by atoms with van der Waals surface area (Å²) in [5.41, 5.74) is 5.47. The van der Waals surface area contributed by atoms with E-state index in [1.165, 1.54) is 6.42 Å². The van der Waals surface area contributed by atoms with Gasteiger partial charge in [0, 0.05) is 189 Å². The normalized spacial score (nSPS) is 24.6.